The Bertz CT molecular complexity index is 1130. The third kappa shape index (κ3) is 4.81. The van der Waals surface area contributed by atoms with E-state index in [0.29, 0.717) is 48.6 Å². The number of benzene rings is 2. The van der Waals surface area contributed by atoms with Gasteiger partial charge in [0.05, 0.1) is 17.9 Å². The van der Waals surface area contributed by atoms with Crippen LogP contribution in [0, 0.1) is 24.2 Å². The van der Waals surface area contributed by atoms with E-state index >= 15 is 0 Å². The van der Waals surface area contributed by atoms with E-state index in [9.17, 15) is 10.1 Å². The predicted molar refractivity (Wildman–Crippen MR) is 118 cm³/mol. The van der Waals surface area contributed by atoms with E-state index in [1.165, 1.54) is 5.56 Å². The summed E-state index contributed by atoms with van der Waals surface area (Å²) in [4.78, 5) is 21.9. The topological polar surface area (TPSA) is 91.1 Å². The summed E-state index contributed by atoms with van der Waals surface area (Å²) in [6.07, 6.45) is 1.69. The van der Waals surface area contributed by atoms with Gasteiger partial charge in [0.25, 0.3) is 0 Å². The molecule has 1 N–H and O–H groups in total. The van der Waals surface area contributed by atoms with Crippen molar-refractivity contribution in [1.29, 1.82) is 5.26 Å². The minimum atomic E-state index is 0.0828. The van der Waals surface area contributed by atoms with Gasteiger partial charge in [-0.2, -0.15) is 5.26 Å². The molecule has 0 bridgehead atoms. The Morgan fingerprint density at radius 2 is 2.00 bits per heavy atom. The van der Waals surface area contributed by atoms with Gasteiger partial charge < -0.3 is 15.0 Å². The number of amides is 1. The van der Waals surface area contributed by atoms with Crippen molar-refractivity contribution < 1.29 is 9.53 Å². The van der Waals surface area contributed by atoms with Gasteiger partial charge in [0.2, 0.25) is 11.9 Å². The second-order valence-electron chi connectivity index (χ2n) is 7.68. The monoisotopic (exact) mass is 413 g/mol. The summed E-state index contributed by atoms with van der Waals surface area (Å²) < 4.78 is 5.86. The molecule has 0 spiro atoms. The maximum absolute atomic E-state index is 11.3. The van der Waals surface area contributed by atoms with Crippen molar-refractivity contribution in [3.63, 3.8) is 0 Å². The number of aromatic nitrogens is 2. The van der Waals surface area contributed by atoms with Crippen LogP contribution in [0.15, 0.2) is 54.7 Å². The highest BCUT2D eigenvalue weighted by molar-refractivity contribution is 5.74. The smallest absolute Gasteiger partial charge is 0.227 e. The molecule has 7 heteroatoms. The first-order valence-corrected chi connectivity index (χ1v) is 10.1. The second kappa shape index (κ2) is 8.84. The van der Waals surface area contributed by atoms with Gasteiger partial charge in [0.15, 0.2) is 0 Å². The van der Waals surface area contributed by atoms with Crippen molar-refractivity contribution in [3.05, 3.63) is 65.9 Å². The fourth-order valence-corrected chi connectivity index (χ4v) is 3.39. The Kier molecular flexibility index (Phi) is 5.80. The average Bonchev–Trinajstić information content (AvgIpc) is 2.74. The third-order valence-corrected chi connectivity index (χ3v) is 5.24. The van der Waals surface area contributed by atoms with E-state index in [0.717, 1.165) is 11.3 Å². The summed E-state index contributed by atoms with van der Waals surface area (Å²) in [6.45, 7) is 5.49. The highest BCUT2D eigenvalue weighted by Gasteiger charge is 2.29. The number of carbonyl (C=O) groups is 1. The number of nitrogens with one attached hydrogen (secondary N) is 1. The molecular formula is C24H23N5O2. The molecule has 1 fully saturated rings. The predicted octanol–water partition coefficient (Wildman–Crippen LogP) is 3.92. The Morgan fingerprint density at radius 3 is 2.71 bits per heavy atom. The van der Waals surface area contributed by atoms with Crippen molar-refractivity contribution >= 4 is 17.5 Å². The van der Waals surface area contributed by atoms with Crippen molar-refractivity contribution in [2.75, 3.05) is 25.0 Å². The lowest BCUT2D eigenvalue weighted by Crippen LogP contribution is -2.51. The van der Waals surface area contributed by atoms with Crippen molar-refractivity contribution in [3.8, 4) is 23.1 Å². The van der Waals surface area contributed by atoms with Crippen LogP contribution in [0.1, 0.15) is 18.1 Å². The number of rotatable bonds is 6. The SMILES string of the molecule is CC(=O)N1CC(COc2ccc(-c3ccnc(Nc4ccc(C)cc4)n3)cc2C#N)C1. The Balaban J connectivity index is 1.45. The molecule has 4 rings (SSSR count). The van der Waals surface area contributed by atoms with Crippen LogP contribution in [-0.2, 0) is 4.79 Å². The molecule has 0 atom stereocenters. The van der Waals surface area contributed by atoms with Crippen LogP contribution in [0.2, 0.25) is 0 Å². The lowest BCUT2D eigenvalue weighted by molar-refractivity contribution is -0.135. The van der Waals surface area contributed by atoms with E-state index in [1.807, 2.05) is 43.3 Å². The summed E-state index contributed by atoms with van der Waals surface area (Å²) >= 11 is 0. The van der Waals surface area contributed by atoms with E-state index in [4.69, 9.17) is 4.74 Å². The number of hydrogen-bond acceptors (Lipinski definition) is 6. The molecule has 1 aliphatic rings. The zero-order valence-electron chi connectivity index (χ0n) is 17.5. The molecule has 2 heterocycles. The number of hydrogen-bond donors (Lipinski definition) is 1. The lowest BCUT2D eigenvalue weighted by Gasteiger charge is -2.38. The van der Waals surface area contributed by atoms with Gasteiger partial charge >= 0.3 is 0 Å². The molecule has 0 saturated carbocycles. The van der Waals surface area contributed by atoms with E-state index in [2.05, 4.69) is 21.4 Å². The molecule has 3 aromatic rings. The largest absolute Gasteiger partial charge is 0.492 e. The van der Waals surface area contributed by atoms with Crippen molar-refractivity contribution in [1.82, 2.24) is 14.9 Å². The average molecular weight is 413 g/mol. The standard InChI is InChI=1S/C24H23N5O2/c1-16-3-6-21(7-4-16)27-24-26-10-9-22(28-24)19-5-8-23(20(11-19)12-25)31-15-18-13-29(14-18)17(2)30/h3-11,18H,13-15H2,1-2H3,(H,26,27,28). The minimum absolute atomic E-state index is 0.0828. The molecule has 1 saturated heterocycles. The number of carbonyl (C=O) groups excluding carboxylic acids is 1. The molecular weight excluding hydrogens is 390 g/mol. The van der Waals surface area contributed by atoms with Crippen molar-refractivity contribution in [2.45, 2.75) is 13.8 Å². The van der Waals surface area contributed by atoms with Crippen LogP contribution in [0.5, 0.6) is 5.75 Å². The van der Waals surface area contributed by atoms with Gasteiger partial charge in [-0.25, -0.2) is 9.97 Å². The Labute approximate surface area is 181 Å². The molecule has 1 amide bonds. The third-order valence-electron chi connectivity index (χ3n) is 5.24. The highest BCUT2D eigenvalue weighted by atomic mass is 16.5. The van der Waals surface area contributed by atoms with Crippen LogP contribution >= 0.6 is 0 Å². The minimum Gasteiger partial charge on any atom is -0.492 e. The summed E-state index contributed by atoms with van der Waals surface area (Å²) in [5.74, 6) is 1.41. The molecule has 1 aliphatic heterocycles. The zero-order valence-corrected chi connectivity index (χ0v) is 17.5. The number of nitriles is 1. The highest BCUT2D eigenvalue weighted by Crippen LogP contribution is 2.27. The summed E-state index contributed by atoms with van der Waals surface area (Å²) in [5.41, 5.74) is 4.06. The molecule has 7 nitrogen and oxygen atoms in total. The van der Waals surface area contributed by atoms with Gasteiger partial charge in [-0.3, -0.25) is 4.79 Å². The van der Waals surface area contributed by atoms with Crippen molar-refractivity contribution in [2.24, 2.45) is 5.92 Å². The molecule has 31 heavy (non-hydrogen) atoms. The van der Waals surface area contributed by atoms with Gasteiger partial charge in [-0.15, -0.1) is 0 Å². The van der Waals surface area contributed by atoms with E-state index < -0.39 is 0 Å². The summed E-state index contributed by atoms with van der Waals surface area (Å²) in [6, 6.07) is 17.5. The number of likely N-dealkylation sites (tertiary alicyclic amines) is 1. The van der Waals surface area contributed by atoms with Gasteiger partial charge in [0, 0.05) is 43.4 Å². The number of aryl methyl sites for hydroxylation is 1. The first-order valence-electron chi connectivity index (χ1n) is 10.1. The second-order valence-corrected chi connectivity index (χ2v) is 7.68. The molecule has 156 valence electrons. The molecule has 0 unspecified atom stereocenters. The fourth-order valence-electron chi connectivity index (χ4n) is 3.39. The van der Waals surface area contributed by atoms with Gasteiger partial charge in [-0.05, 0) is 43.3 Å². The summed E-state index contributed by atoms with van der Waals surface area (Å²) in [5, 5.41) is 12.8. The van der Waals surface area contributed by atoms with Gasteiger partial charge in [-0.1, -0.05) is 17.7 Å². The molecule has 0 radical (unpaired) electrons. The van der Waals surface area contributed by atoms with Crippen LogP contribution < -0.4 is 10.1 Å². The normalized spacial score (nSPS) is 13.3. The number of ether oxygens (including phenoxy) is 1. The first kappa shape index (κ1) is 20.4. The fraction of sp³-hybridized carbons (Fsp3) is 0.250. The number of anilines is 2. The number of nitrogens with zero attached hydrogens (tertiary/aromatic N) is 4. The van der Waals surface area contributed by atoms with Gasteiger partial charge in [0.1, 0.15) is 11.8 Å². The van der Waals surface area contributed by atoms with Crippen LogP contribution in [-0.4, -0.2) is 40.5 Å². The molecule has 2 aromatic carbocycles. The quantitative estimate of drug-likeness (QED) is 0.659. The first-order chi connectivity index (χ1) is 15.0. The maximum Gasteiger partial charge on any atom is 0.227 e. The lowest BCUT2D eigenvalue weighted by atomic mass is 10.0. The van der Waals surface area contributed by atoms with Crippen LogP contribution in [0.25, 0.3) is 11.3 Å². The van der Waals surface area contributed by atoms with Crippen LogP contribution in [0.3, 0.4) is 0 Å². The van der Waals surface area contributed by atoms with Crippen LogP contribution in [0.4, 0.5) is 11.6 Å². The maximum atomic E-state index is 11.3. The molecule has 0 aliphatic carbocycles. The summed E-state index contributed by atoms with van der Waals surface area (Å²) in [7, 11) is 0. The Hall–Kier alpha value is -3.92. The Morgan fingerprint density at radius 1 is 1.23 bits per heavy atom. The zero-order chi connectivity index (χ0) is 21.8. The molecule has 1 aromatic heterocycles. The van der Waals surface area contributed by atoms with E-state index in [-0.39, 0.29) is 5.91 Å². The van der Waals surface area contributed by atoms with E-state index in [1.54, 1.807) is 30.2 Å².